The van der Waals surface area contributed by atoms with E-state index in [-0.39, 0.29) is 23.1 Å². The summed E-state index contributed by atoms with van der Waals surface area (Å²) in [7, 11) is 1.70. The van der Waals surface area contributed by atoms with Crippen molar-refractivity contribution in [3.63, 3.8) is 0 Å². The summed E-state index contributed by atoms with van der Waals surface area (Å²) in [6.45, 7) is -2.87. The van der Waals surface area contributed by atoms with E-state index in [4.69, 9.17) is 4.74 Å². The maximum Gasteiger partial charge on any atom is 0.387 e. The second-order valence-electron chi connectivity index (χ2n) is 5.92. The number of ether oxygens (including phenoxy) is 2. The van der Waals surface area contributed by atoms with Crippen LogP contribution >= 0.6 is 0 Å². The molecule has 3 nitrogen and oxygen atoms in total. The fourth-order valence-electron chi connectivity index (χ4n) is 3.61. The Balaban J connectivity index is 1.82. The van der Waals surface area contributed by atoms with Crippen LogP contribution in [0.5, 0.6) is 5.75 Å². The molecule has 1 fully saturated rings. The normalized spacial score (nSPS) is 28.2. The highest BCUT2D eigenvalue weighted by molar-refractivity contribution is 6.05. The quantitative estimate of drug-likeness (QED) is 0.855. The summed E-state index contributed by atoms with van der Waals surface area (Å²) in [5.74, 6) is 0.131. The average molecular weight is 296 g/mol. The topological polar surface area (TPSA) is 35.5 Å². The number of rotatable bonds is 3. The molecule has 2 aliphatic rings. The first-order valence-electron chi connectivity index (χ1n) is 7.19. The minimum Gasteiger partial charge on any atom is -0.435 e. The van der Waals surface area contributed by atoms with Crippen LogP contribution in [0.2, 0.25) is 0 Å². The first kappa shape index (κ1) is 14.4. The van der Waals surface area contributed by atoms with E-state index in [9.17, 15) is 13.6 Å². The van der Waals surface area contributed by atoms with Crippen LogP contribution in [0, 0.1) is 5.41 Å². The first-order valence-corrected chi connectivity index (χ1v) is 7.19. The summed E-state index contributed by atoms with van der Waals surface area (Å²) >= 11 is 0. The van der Waals surface area contributed by atoms with Crippen molar-refractivity contribution in [2.24, 2.45) is 5.41 Å². The fourth-order valence-corrected chi connectivity index (χ4v) is 3.61. The number of benzene rings is 1. The number of carbonyl (C=O) groups excluding carboxylic acids is 1. The van der Waals surface area contributed by atoms with Gasteiger partial charge in [-0.05, 0) is 49.8 Å². The lowest BCUT2D eigenvalue weighted by Gasteiger charge is -2.35. The summed E-state index contributed by atoms with van der Waals surface area (Å²) in [6.07, 6.45) is 4.26. The molecule has 0 aliphatic heterocycles. The third-order valence-electron chi connectivity index (χ3n) is 4.78. The van der Waals surface area contributed by atoms with Crippen LogP contribution in [0.4, 0.5) is 8.78 Å². The standard InChI is InChI=1S/C16H18F2O3/c1-20-11-4-6-16(7-5-11)9-10-2-3-12(21-15(17)18)8-13(10)14(16)19/h2-3,8,11,15H,4-7,9H2,1H3. The van der Waals surface area contributed by atoms with Crippen molar-refractivity contribution in [3.8, 4) is 5.75 Å². The van der Waals surface area contributed by atoms with Gasteiger partial charge in [-0.1, -0.05) is 6.07 Å². The summed E-state index contributed by atoms with van der Waals surface area (Å²) < 4.78 is 34.3. The van der Waals surface area contributed by atoms with Gasteiger partial charge >= 0.3 is 6.61 Å². The molecule has 0 saturated heterocycles. The van der Waals surface area contributed by atoms with Gasteiger partial charge in [0.2, 0.25) is 0 Å². The van der Waals surface area contributed by atoms with Gasteiger partial charge in [-0.25, -0.2) is 0 Å². The van der Waals surface area contributed by atoms with Crippen molar-refractivity contribution < 1.29 is 23.0 Å². The molecule has 0 amide bonds. The Morgan fingerprint density at radius 1 is 1.29 bits per heavy atom. The fraction of sp³-hybridized carbons (Fsp3) is 0.562. The average Bonchev–Trinajstić information content (AvgIpc) is 2.73. The van der Waals surface area contributed by atoms with E-state index in [2.05, 4.69) is 4.74 Å². The van der Waals surface area contributed by atoms with E-state index in [0.717, 1.165) is 31.2 Å². The Morgan fingerprint density at radius 3 is 2.62 bits per heavy atom. The van der Waals surface area contributed by atoms with Gasteiger partial charge < -0.3 is 9.47 Å². The molecule has 21 heavy (non-hydrogen) atoms. The van der Waals surface area contributed by atoms with E-state index >= 15 is 0 Å². The molecule has 0 N–H and O–H groups in total. The maximum atomic E-state index is 12.7. The molecule has 1 saturated carbocycles. The molecule has 2 aliphatic carbocycles. The van der Waals surface area contributed by atoms with Gasteiger partial charge in [0.1, 0.15) is 5.75 Å². The van der Waals surface area contributed by atoms with Gasteiger partial charge in [-0.2, -0.15) is 8.78 Å². The molecule has 1 aromatic carbocycles. The predicted octanol–water partition coefficient (Wildman–Crippen LogP) is 3.60. The molecule has 0 aromatic heterocycles. The van der Waals surface area contributed by atoms with Crippen molar-refractivity contribution in [1.82, 2.24) is 0 Å². The highest BCUT2D eigenvalue weighted by Gasteiger charge is 2.47. The van der Waals surface area contributed by atoms with Crippen molar-refractivity contribution in [3.05, 3.63) is 29.3 Å². The van der Waals surface area contributed by atoms with Crippen molar-refractivity contribution >= 4 is 5.78 Å². The Kier molecular flexibility index (Phi) is 3.69. The lowest BCUT2D eigenvalue weighted by Crippen LogP contribution is -2.35. The van der Waals surface area contributed by atoms with Crippen LogP contribution in [0.3, 0.4) is 0 Å². The molecule has 5 heteroatoms. The minimum absolute atomic E-state index is 0.0553. The van der Waals surface area contributed by atoms with E-state index in [1.165, 1.54) is 12.1 Å². The number of halogens is 2. The molecule has 0 unspecified atom stereocenters. The lowest BCUT2D eigenvalue weighted by molar-refractivity contribution is -0.0498. The maximum absolute atomic E-state index is 12.7. The zero-order valence-electron chi connectivity index (χ0n) is 11.9. The number of carbonyl (C=O) groups is 1. The Hall–Kier alpha value is -1.49. The van der Waals surface area contributed by atoms with Crippen LogP contribution in [-0.4, -0.2) is 25.6 Å². The van der Waals surface area contributed by atoms with Gasteiger partial charge in [0.15, 0.2) is 5.78 Å². The first-order chi connectivity index (χ1) is 10.0. The van der Waals surface area contributed by atoms with Gasteiger partial charge in [-0.3, -0.25) is 4.79 Å². The molecular formula is C16H18F2O3. The lowest BCUT2D eigenvalue weighted by atomic mass is 9.70. The Labute approximate surface area is 122 Å². The third-order valence-corrected chi connectivity index (χ3v) is 4.78. The van der Waals surface area contributed by atoms with Crippen LogP contribution in [-0.2, 0) is 11.2 Å². The second kappa shape index (κ2) is 5.37. The zero-order chi connectivity index (χ0) is 15.0. The number of alkyl halides is 2. The van der Waals surface area contributed by atoms with Crippen molar-refractivity contribution in [2.45, 2.75) is 44.8 Å². The van der Waals surface area contributed by atoms with Crippen molar-refractivity contribution in [1.29, 1.82) is 0 Å². The molecule has 3 rings (SSSR count). The predicted molar refractivity (Wildman–Crippen MR) is 72.8 cm³/mol. The van der Waals surface area contributed by atoms with Gasteiger partial charge in [-0.15, -0.1) is 0 Å². The number of Topliss-reactive ketones (excluding diaryl/α,β-unsaturated/α-hetero) is 1. The molecular weight excluding hydrogens is 278 g/mol. The van der Waals surface area contributed by atoms with Crippen LogP contribution < -0.4 is 4.74 Å². The van der Waals surface area contributed by atoms with E-state index in [1.54, 1.807) is 13.2 Å². The highest BCUT2D eigenvalue weighted by atomic mass is 19.3. The number of fused-ring (bicyclic) bond motifs is 1. The Bertz CT molecular complexity index is 548. The third kappa shape index (κ3) is 2.55. The molecule has 0 radical (unpaired) electrons. The molecule has 1 aromatic rings. The van der Waals surface area contributed by atoms with Crippen molar-refractivity contribution in [2.75, 3.05) is 7.11 Å². The zero-order valence-corrected chi connectivity index (χ0v) is 11.9. The molecule has 114 valence electrons. The van der Waals surface area contributed by atoms with E-state index < -0.39 is 6.61 Å². The number of hydrogen-bond donors (Lipinski definition) is 0. The summed E-state index contributed by atoms with van der Waals surface area (Å²) in [5.41, 5.74) is 1.13. The SMILES string of the molecule is COC1CCC2(CC1)Cc1ccc(OC(F)F)cc1C2=O. The summed E-state index contributed by atoms with van der Waals surface area (Å²) in [4.78, 5) is 12.7. The number of ketones is 1. The van der Waals surface area contributed by atoms with Gasteiger partial charge in [0.05, 0.1) is 6.10 Å². The van der Waals surface area contributed by atoms with Gasteiger partial charge in [0, 0.05) is 18.1 Å². The summed E-state index contributed by atoms with van der Waals surface area (Å²) in [5, 5.41) is 0. The molecule has 1 spiro atoms. The second-order valence-corrected chi connectivity index (χ2v) is 5.92. The number of hydrogen-bond acceptors (Lipinski definition) is 3. The van der Waals surface area contributed by atoms with Crippen LogP contribution in [0.1, 0.15) is 41.6 Å². The van der Waals surface area contributed by atoms with Crippen LogP contribution in [0.25, 0.3) is 0 Å². The van der Waals surface area contributed by atoms with E-state index in [1.807, 2.05) is 0 Å². The monoisotopic (exact) mass is 296 g/mol. The molecule has 0 heterocycles. The smallest absolute Gasteiger partial charge is 0.387 e. The summed E-state index contributed by atoms with van der Waals surface area (Å²) in [6, 6.07) is 4.71. The molecule has 0 atom stereocenters. The highest BCUT2D eigenvalue weighted by Crippen LogP contribution is 2.48. The van der Waals surface area contributed by atoms with Gasteiger partial charge in [0.25, 0.3) is 0 Å². The minimum atomic E-state index is -2.87. The van der Waals surface area contributed by atoms with E-state index in [0.29, 0.717) is 12.0 Å². The number of methoxy groups -OCH3 is 1. The Morgan fingerprint density at radius 2 is 2.00 bits per heavy atom. The largest absolute Gasteiger partial charge is 0.435 e. The van der Waals surface area contributed by atoms with Crippen LogP contribution in [0.15, 0.2) is 18.2 Å². The molecule has 0 bridgehead atoms.